The van der Waals surface area contributed by atoms with E-state index in [0.29, 0.717) is 0 Å². The first-order valence-corrected chi connectivity index (χ1v) is 41.0. The van der Waals surface area contributed by atoms with E-state index >= 15 is 0 Å². The second kappa shape index (κ2) is 36.7. The van der Waals surface area contributed by atoms with Crippen LogP contribution < -0.4 is 34.3 Å². The van der Waals surface area contributed by atoms with E-state index in [1.54, 1.807) is 0 Å². The van der Waals surface area contributed by atoms with E-state index in [0.717, 1.165) is 153 Å². The average Bonchev–Trinajstić information content (AvgIpc) is 0.783. The van der Waals surface area contributed by atoms with Gasteiger partial charge in [-0.05, 0) is 306 Å². The number of anilines is 21. The summed E-state index contributed by atoms with van der Waals surface area (Å²) >= 11 is 0. The molecule has 0 aliphatic heterocycles. The van der Waals surface area contributed by atoms with Crippen LogP contribution in [0.5, 0.6) is 0 Å². The van der Waals surface area contributed by atoms with Crippen molar-refractivity contribution in [3.8, 4) is 33.4 Å². The van der Waals surface area contributed by atoms with Gasteiger partial charge in [-0.15, -0.1) is 0 Å². The molecule has 7 heteroatoms. The van der Waals surface area contributed by atoms with Crippen molar-refractivity contribution in [3.05, 3.63) is 528 Å². The van der Waals surface area contributed by atoms with Crippen LogP contribution in [0.4, 0.5) is 119 Å². The van der Waals surface area contributed by atoms with E-state index < -0.39 is 0 Å². The van der Waals surface area contributed by atoms with E-state index in [1.807, 2.05) is 0 Å². The van der Waals surface area contributed by atoms with Crippen LogP contribution in [0.1, 0.15) is 0 Å². The molecular formula is C114H87N7. The summed E-state index contributed by atoms with van der Waals surface area (Å²) in [6.07, 6.45) is 0. The molecule has 0 bridgehead atoms. The lowest BCUT2D eigenvalue weighted by molar-refractivity contribution is 1.24. The highest BCUT2D eigenvalue weighted by Gasteiger charge is 2.23. The monoisotopic (exact) mass is 1550 g/mol. The molecule has 0 aromatic heterocycles. The Bertz CT molecular complexity index is 5530. The van der Waals surface area contributed by atoms with Gasteiger partial charge in [-0.3, -0.25) is 0 Å². The molecule has 0 N–H and O–H groups in total. The Morgan fingerprint density at radius 1 is 0.0744 bits per heavy atom. The van der Waals surface area contributed by atoms with Crippen LogP contribution in [0, 0.1) is 0 Å². The summed E-state index contributed by atoms with van der Waals surface area (Å²) in [5.74, 6) is 0. The maximum absolute atomic E-state index is 2.33. The molecule has 121 heavy (non-hydrogen) atoms. The van der Waals surface area contributed by atoms with Gasteiger partial charge in [-0.1, -0.05) is 255 Å². The minimum Gasteiger partial charge on any atom is -0.311 e. The maximum Gasteiger partial charge on any atom is 0.0463 e. The first kappa shape index (κ1) is 76.1. The number of hydrogen-bond acceptors (Lipinski definition) is 7. The smallest absolute Gasteiger partial charge is 0.0463 e. The van der Waals surface area contributed by atoms with Crippen molar-refractivity contribution in [2.24, 2.45) is 0 Å². The van der Waals surface area contributed by atoms with Crippen molar-refractivity contribution in [3.63, 3.8) is 0 Å². The molecule has 0 saturated heterocycles. The lowest BCUT2D eigenvalue weighted by Gasteiger charge is -2.30. The fourth-order valence-electron chi connectivity index (χ4n) is 15.8. The molecule has 0 aliphatic carbocycles. The molecule has 0 unspecified atom stereocenters. The van der Waals surface area contributed by atoms with Gasteiger partial charge in [0.25, 0.3) is 0 Å². The van der Waals surface area contributed by atoms with E-state index in [9.17, 15) is 0 Å². The Hall–Kier alpha value is -16.2. The minimum absolute atomic E-state index is 1.05. The highest BCUT2D eigenvalue weighted by molar-refractivity contribution is 5.89. The number of nitrogens with zero attached hydrogens (tertiary/aromatic N) is 7. The zero-order valence-corrected chi connectivity index (χ0v) is 66.9. The molecule has 0 saturated carbocycles. The van der Waals surface area contributed by atoms with Crippen LogP contribution in [0.25, 0.3) is 33.4 Å². The number of benzene rings is 19. The average molecular weight is 1550 g/mol. The molecule has 0 heterocycles. The van der Waals surface area contributed by atoms with Crippen molar-refractivity contribution in [2.75, 3.05) is 34.3 Å². The first-order valence-electron chi connectivity index (χ1n) is 41.0. The van der Waals surface area contributed by atoms with Gasteiger partial charge in [0.15, 0.2) is 0 Å². The number of para-hydroxylation sites is 12. The Morgan fingerprint density at radius 3 is 0.256 bits per heavy atom. The Labute approximate surface area is 710 Å². The molecule has 0 radical (unpaired) electrons. The van der Waals surface area contributed by atoms with Crippen LogP contribution in [-0.2, 0) is 0 Å². The highest BCUT2D eigenvalue weighted by atomic mass is 15.2. The van der Waals surface area contributed by atoms with Crippen LogP contribution in [0.2, 0.25) is 0 Å². The third kappa shape index (κ3) is 17.5. The van der Waals surface area contributed by atoms with Crippen molar-refractivity contribution >= 4 is 119 Å². The number of rotatable bonds is 24. The van der Waals surface area contributed by atoms with Crippen molar-refractivity contribution in [2.45, 2.75) is 0 Å². The van der Waals surface area contributed by atoms with Crippen LogP contribution in [0.3, 0.4) is 0 Å². The SMILES string of the molecule is c1ccc(N(c2ccccc2)c2ccc(-c3cc(-c4ccc(N(c5ccccc5)c5ccccc5)cc4)cc(-c4ccc(N(c5ccccc5)c5ccccc5)cc4)c3)cc2)cc1.c1ccc(N(c2ccccc2)c2ccc(N(c3ccc(N(c4ccccc4)c4ccccc4)cc3)c3ccc(N(c4ccccc4)c4ccccc4)cc3)cc2)cc1. The van der Waals surface area contributed by atoms with Gasteiger partial charge in [-0.25, -0.2) is 0 Å². The highest BCUT2D eigenvalue weighted by Crippen LogP contribution is 2.46. The maximum atomic E-state index is 2.33. The van der Waals surface area contributed by atoms with Gasteiger partial charge in [0.05, 0.1) is 0 Å². The van der Waals surface area contributed by atoms with Gasteiger partial charge in [-0.2, -0.15) is 0 Å². The van der Waals surface area contributed by atoms with Gasteiger partial charge in [0.2, 0.25) is 0 Å². The summed E-state index contributed by atoms with van der Waals surface area (Å²) in [6, 6.07) is 187. The van der Waals surface area contributed by atoms with Crippen LogP contribution >= 0.6 is 0 Å². The molecule has 0 atom stereocenters. The summed E-state index contributed by atoms with van der Waals surface area (Å²) in [5, 5.41) is 0. The zero-order chi connectivity index (χ0) is 81.1. The van der Waals surface area contributed by atoms with E-state index in [4.69, 9.17) is 0 Å². The van der Waals surface area contributed by atoms with Crippen LogP contribution in [-0.4, -0.2) is 0 Å². The van der Waals surface area contributed by atoms with Crippen molar-refractivity contribution in [1.82, 2.24) is 0 Å². The predicted molar refractivity (Wildman–Crippen MR) is 512 cm³/mol. The summed E-state index contributed by atoms with van der Waals surface area (Å²) in [6.45, 7) is 0. The van der Waals surface area contributed by atoms with Gasteiger partial charge in [0.1, 0.15) is 0 Å². The normalized spacial score (nSPS) is 10.8. The fraction of sp³-hybridized carbons (Fsp3) is 0. The third-order valence-electron chi connectivity index (χ3n) is 21.6. The van der Waals surface area contributed by atoms with E-state index in [-0.39, 0.29) is 0 Å². The molecule has 0 fully saturated rings. The largest absolute Gasteiger partial charge is 0.311 e. The van der Waals surface area contributed by atoms with E-state index in [1.165, 1.54) is 0 Å². The molecule has 0 amide bonds. The van der Waals surface area contributed by atoms with Gasteiger partial charge in [0, 0.05) is 119 Å². The van der Waals surface area contributed by atoms with Crippen molar-refractivity contribution in [1.29, 1.82) is 0 Å². The molecule has 0 spiro atoms. The van der Waals surface area contributed by atoms with Gasteiger partial charge >= 0.3 is 0 Å². The first-order chi connectivity index (χ1) is 60.0. The summed E-state index contributed by atoms with van der Waals surface area (Å²) in [5.41, 5.74) is 29.9. The minimum atomic E-state index is 1.05. The lowest BCUT2D eigenvalue weighted by atomic mass is 9.93. The fourth-order valence-corrected chi connectivity index (χ4v) is 15.8. The Balaban J connectivity index is 0.000000166. The second-order valence-electron chi connectivity index (χ2n) is 29.4. The predicted octanol–water partition coefficient (Wildman–Crippen LogP) is 32.7. The second-order valence-corrected chi connectivity index (χ2v) is 29.4. The topological polar surface area (TPSA) is 22.7 Å². The quantitative estimate of drug-likeness (QED) is 0.0594. The standard InChI is InChI=1S/C60H45N3.C54H42N4/c1-7-19-52(20-8-1)61(53-21-9-2-10-22-53)58-37-31-46(32-38-58)49-43-50(47-33-39-59(40-34-47)62(54-23-11-3-12-24-54)55-25-13-4-14-26-55)45-51(44-49)48-35-41-60(42-36-48)63(56-27-15-5-16-28-56)57-29-17-6-18-30-57;1-7-19-43(20-8-1)55(44-21-9-2-10-22-44)49-31-37-52(38-32-49)58(53-39-33-50(34-40-53)56(45-23-11-3-12-24-45)46-25-13-4-14-26-46)54-41-35-51(36-42-54)57(47-27-15-5-16-28-47)48-29-17-6-18-30-48/h1-45H;1-42H. The lowest BCUT2D eigenvalue weighted by Crippen LogP contribution is -2.13. The molecule has 578 valence electrons. The molecule has 19 rings (SSSR count). The number of hydrogen-bond donors (Lipinski definition) is 0. The molecule has 7 nitrogen and oxygen atoms in total. The molecule has 19 aromatic rings. The summed E-state index contributed by atoms with van der Waals surface area (Å²) in [4.78, 5) is 16.1. The Morgan fingerprint density at radius 2 is 0.157 bits per heavy atom. The molecule has 19 aromatic carbocycles. The molecule has 0 aliphatic rings. The zero-order valence-electron chi connectivity index (χ0n) is 66.9. The summed E-state index contributed by atoms with van der Waals surface area (Å²) < 4.78 is 0. The van der Waals surface area contributed by atoms with E-state index in [2.05, 4.69) is 562 Å². The molecular weight excluding hydrogens is 1470 g/mol. The van der Waals surface area contributed by atoms with Gasteiger partial charge < -0.3 is 34.3 Å². The summed E-state index contributed by atoms with van der Waals surface area (Å²) in [7, 11) is 0. The van der Waals surface area contributed by atoms with Crippen molar-refractivity contribution < 1.29 is 0 Å². The Kier molecular flexibility index (Phi) is 23.1. The third-order valence-corrected chi connectivity index (χ3v) is 21.6. The van der Waals surface area contributed by atoms with Crippen LogP contribution in [0.15, 0.2) is 528 Å².